The van der Waals surface area contributed by atoms with Gasteiger partial charge in [0.15, 0.2) is 0 Å². The first-order valence-electron chi connectivity index (χ1n) is 14.8. The highest BCUT2D eigenvalue weighted by Crippen LogP contribution is 2.78. The minimum absolute atomic E-state index is 0.0103. The van der Waals surface area contributed by atoms with Crippen molar-refractivity contribution >= 4 is 11.8 Å². The van der Waals surface area contributed by atoms with Gasteiger partial charge >= 0.3 is 5.97 Å². The van der Waals surface area contributed by atoms with Gasteiger partial charge in [0, 0.05) is 24.7 Å². The number of ketones is 1. The molecule has 5 fully saturated rings. The molecule has 0 amide bonds. The van der Waals surface area contributed by atoms with E-state index in [0.717, 1.165) is 25.2 Å². The Bertz CT molecular complexity index is 906. The van der Waals surface area contributed by atoms with Crippen molar-refractivity contribution < 1.29 is 14.3 Å². The Morgan fingerprint density at radius 1 is 0.857 bits per heavy atom. The number of ether oxygens (including phenoxy) is 1. The fourth-order valence-electron chi connectivity index (χ4n) is 11.4. The summed E-state index contributed by atoms with van der Waals surface area (Å²) in [6, 6.07) is 0. The summed E-state index contributed by atoms with van der Waals surface area (Å²) in [7, 11) is 0. The van der Waals surface area contributed by atoms with E-state index in [1.807, 2.05) is 0 Å². The summed E-state index contributed by atoms with van der Waals surface area (Å²) in [5.74, 6) is 2.08. The number of carbonyl (C=O) groups is 2. The number of hydrogen-bond donors (Lipinski definition) is 0. The quantitative estimate of drug-likeness (QED) is 0.373. The number of carbonyl (C=O) groups excluding carboxylic acids is 2. The smallest absolute Gasteiger partial charge is 0.302 e. The molecule has 9 atom stereocenters. The molecule has 0 spiro atoms. The summed E-state index contributed by atoms with van der Waals surface area (Å²) >= 11 is 0. The zero-order chi connectivity index (χ0) is 25.7. The predicted molar refractivity (Wildman–Crippen MR) is 141 cm³/mol. The first-order valence-corrected chi connectivity index (χ1v) is 14.8. The first kappa shape index (κ1) is 25.8. The molecule has 0 aromatic rings. The second-order valence-electron chi connectivity index (χ2n) is 15.9. The first-order chi connectivity index (χ1) is 16.1. The van der Waals surface area contributed by atoms with Crippen LogP contribution in [-0.2, 0) is 14.3 Å². The van der Waals surface area contributed by atoms with Crippen LogP contribution in [0.4, 0.5) is 0 Å². The van der Waals surface area contributed by atoms with E-state index in [4.69, 9.17) is 4.74 Å². The van der Waals surface area contributed by atoms with Crippen LogP contribution in [0.2, 0.25) is 0 Å². The van der Waals surface area contributed by atoms with E-state index in [2.05, 4.69) is 48.5 Å². The van der Waals surface area contributed by atoms with Crippen molar-refractivity contribution in [2.45, 2.75) is 126 Å². The van der Waals surface area contributed by atoms with Gasteiger partial charge < -0.3 is 4.74 Å². The van der Waals surface area contributed by atoms with Gasteiger partial charge in [-0.3, -0.25) is 9.59 Å². The molecule has 0 aromatic carbocycles. The third-order valence-electron chi connectivity index (χ3n) is 13.8. The number of hydrogen-bond acceptors (Lipinski definition) is 3. The molecule has 198 valence electrons. The Kier molecular flexibility index (Phi) is 5.76. The molecule has 0 unspecified atom stereocenters. The van der Waals surface area contributed by atoms with E-state index < -0.39 is 0 Å². The van der Waals surface area contributed by atoms with Crippen LogP contribution in [0, 0.1) is 56.2 Å². The van der Waals surface area contributed by atoms with Crippen LogP contribution < -0.4 is 0 Å². The molecule has 0 bridgehead atoms. The molecule has 0 saturated heterocycles. The van der Waals surface area contributed by atoms with Crippen LogP contribution in [0.25, 0.3) is 0 Å². The normalized spacial score (nSPS) is 53.0. The second-order valence-corrected chi connectivity index (χ2v) is 15.9. The van der Waals surface area contributed by atoms with Gasteiger partial charge in [-0.15, -0.1) is 0 Å². The van der Waals surface area contributed by atoms with E-state index in [1.165, 1.54) is 51.9 Å². The highest BCUT2D eigenvalue weighted by atomic mass is 16.5. The van der Waals surface area contributed by atoms with Crippen LogP contribution >= 0.6 is 0 Å². The number of fused-ring (bicyclic) bond motifs is 7. The van der Waals surface area contributed by atoms with Crippen LogP contribution in [0.5, 0.6) is 0 Å². The SMILES string of the molecule is CC(=O)OC[C@]12CC[C@H]3[C@@](C)(CC[C@@]4(C)[C@@H]5CC(C)(C)CC[C@]5(C)CC[C@]34C)[C@@H]1C(=O)CC[C@@H]2C. The third-order valence-corrected chi connectivity index (χ3v) is 13.8. The minimum Gasteiger partial charge on any atom is -0.465 e. The van der Waals surface area contributed by atoms with Crippen LogP contribution in [0.15, 0.2) is 0 Å². The molecule has 5 aliphatic carbocycles. The fraction of sp³-hybridized carbons (Fsp3) is 0.938. The largest absolute Gasteiger partial charge is 0.465 e. The minimum atomic E-state index is -0.203. The number of esters is 1. The van der Waals surface area contributed by atoms with Crippen molar-refractivity contribution in [1.29, 1.82) is 0 Å². The van der Waals surface area contributed by atoms with E-state index in [1.54, 1.807) is 0 Å². The molecule has 0 aromatic heterocycles. The van der Waals surface area contributed by atoms with Gasteiger partial charge in [-0.1, -0.05) is 48.5 Å². The van der Waals surface area contributed by atoms with Crippen molar-refractivity contribution in [2.75, 3.05) is 6.61 Å². The maximum absolute atomic E-state index is 13.9. The lowest BCUT2D eigenvalue weighted by molar-refractivity contribution is -0.259. The van der Waals surface area contributed by atoms with Gasteiger partial charge in [-0.25, -0.2) is 0 Å². The summed E-state index contributed by atoms with van der Waals surface area (Å²) in [5, 5.41) is 0. The topological polar surface area (TPSA) is 43.4 Å². The Morgan fingerprint density at radius 2 is 1.49 bits per heavy atom. The zero-order valence-corrected chi connectivity index (χ0v) is 24.0. The molecular weight excluding hydrogens is 432 g/mol. The van der Waals surface area contributed by atoms with Gasteiger partial charge in [-0.05, 0) is 109 Å². The fourth-order valence-corrected chi connectivity index (χ4v) is 11.4. The standard InChI is InChI=1S/C32H52O3/c1-21-9-10-23(34)26-29(6)16-18-31(8)25-19-27(3,4)13-14-28(25,5)15-17-30(31,7)24(29)11-12-32(21,26)20-35-22(2)33/h21,24-26H,9-20H2,1-8H3/t21-,24-,25+,26-,28+,29+,30+,31-,32-/m0/s1. The summed E-state index contributed by atoms with van der Waals surface area (Å²) in [4.78, 5) is 25.8. The van der Waals surface area contributed by atoms with Crippen LogP contribution in [0.3, 0.4) is 0 Å². The van der Waals surface area contributed by atoms with Crippen molar-refractivity contribution in [3.8, 4) is 0 Å². The molecule has 5 rings (SSSR count). The molecule has 0 heterocycles. The van der Waals surface area contributed by atoms with Gasteiger partial charge in [0.25, 0.3) is 0 Å². The maximum Gasteiger partial charge on any atom is 0.302 e. The zero-order valence-electron chi connectivity index (χ0n) is 24.0. The molecule has 5 saturated carbocycles. The average Bonchev–Trinajstić information content (AvgIpc) is 2.78. The third kappa shape index (κ3) is 3.41. The van der Waals surface area contributed by atoms with Crippen LogP contribution in [0.1, 0.15) is 126 Å². The van der Waals surface area contributed by atoms with E-state index in [9.17, 15) is 9.59 Å². The summed E-state index contributed by atoms with van der Waals surface area (Å²) < 4.78 is 5.75. The lowest BCUT2D eigenvalue weighted by Crippen LogP contribution is -2.69. The lowest BCUT2D eigenvalue weighted by Gasteiger charge is -2.74. The van der Waals surface area contributed by atoms with E-state index in [0.29, 0.717) is 46.9 Å². The molecule has 0 radical (unpaired) electrons. The Balaban J connectivity index is 1.56. The van der Waals surface area contributed by atoms with E-state index >= 15 is 0 Å². The second kappa shape index (κ2) is 7.83. The van der Waals surface area contributed by atoms with Crippen molar-refractivity contribution in [2.24, 2.45) is 56.2 Å². The van der Waals surface area contributed by atoms with Gasteiger partial charge in [-0.2, -0.15) is 0 Å². The van der Waals surface area contributed by atoms with Gasteiger partial charge in [0.2, 0.25) is 0 Å². The summed E-state index contributed by atoms with van der Waals surface area (Å²) in [5.41, 5.74) is 1.35. The Labute approximate surface area is 214 Å². The molecule has 35 heavy (non-hydrogen) atoms. The molecule has 3 heteroatoms. The molecule has 5 aliphatic rings. The summed E-state index contributed by atoms with van der Waals surface area (Å²) in [6.07, 6.45) is 13.0. The number of Topliss-reactive ketones (excluding diaryl/α,β-unsaturated/α-hetero) is 1. The van der Waals surface area contributed by atoms with Crippen LogP contribution in [-0.4, -0.2) is 18.4 Å². The molecule has 0 N–H and O–H groups in total. The Hall–Kier alpha value is -0.860. The predicted octanol–water partition coefficient (Wildman–Crippen LogP) is 8.00. The highest BCUT2D eigenvalue weighted by molar-refractivity contribution is 5.84. The Morgan fingerprint density at radius 3 is 2.17 bits per heavy atom. The maximum atomic E-state index is 13.9. The monoisotopic (exact) mass is 484 g/mol. The molecule has 3 nitrogen and oxygen atoms in total. The lowest BCUT2D eigenvalue weighted by atomic mass is 9.30. The van der Waals surface area contributed by atoms with Gasteiger partial charge in [0.1, 0.15) is 5.78 Å². The molecular formula is C32H52O3. The van der Waals surface area contributed by atoms with Gasteiger partial charge in [0.05, 0.1) is 6.61 Å². The molecule has 0 aliphatic heterocycles. The summed E-state index contributed by atoms with van der Waals surface area (Å²) in [6.45, 7) is 19.7. The highest BCUT2D eigenvalue weighted by Gasteiger charge is 2.72. The number of rotatable bonds is 2. The van der Waals surface area contributed by atoms with Crippen molar-refractivity contribution in [3.05, 3.63) is 0 Å². The average molecular weight is 485 g/mol. The van der Waals surface area contributed by atoms with Crippen molar-refractivity contribution in [3.63, 3.8) is 0 Å². The van der Waals surface area contributed by atoms with E-state index in [-0.39, 0.29) is 28.1 Å². The van der Waals surface area contributed by atoms with Crippen molar-refractivity contribution in [1.82, 2.24) is 0 Å².